The second kappa shape index (κ2) is 7.01. The van der Waals surface area contributed by atoms with Gasteiger partial charge in [-0.1, -0.05) is 0 Å². The van der Waals surface area contributed by atoms with Crippen LogP contribution < -0.4 is 10.6 Å². The van der Waals surface area contributed by atoms with Crippen molar-refractivity contribution in [2.45, 2.75) is 19.4 Å². The summed E-state index contributed by atoms with van der Waals surface area (Å²) < 4.78 is 0. The highest BCUT2D eigenvalue weighted by Crippen LogP contribution is 2.08. The molecule has 1 atom stereocenters. The molecule has 2 N–H and O–H groups in total. The molecule has 1 unspecified atom stereocenters. The van der Waals surface area contributed by atoms with Crippen molar-refractivity contribution in [1.29, 1.82) is 0 Å². The number of hydrogen-bond acceptors (Lipinski definition) is 3. The summed E-state index contributed by atoms with van der Waals surface area (Å²) in [5, 5.41) is 6.03. The number of anilines is 1. The Bertz CT molecular complexity index is 373. The molecule has 1 rings (SSSR count). The van der Waals surface area contributed by atoms with Crippen molar-refractivity contribution < 1.29 is 4.79 Å². The molecule has 1 aromatic carbocycles. The lowest BCUT2D eigenvalue weighted by Crippen LogP contribution is -2.34. The summed E-state index contributed by atoms with van der Waals surface area (Å²) in [6.07, 6.45) is 0.952. The normalized spacial score (nSPS) is 12.3. The third-order valence-corrected chi connectivity index (χ3v) is 2.82. The molecule has 0 aromatic heterocycles. The number of hydrogen-bond donors (Lipinski definition) is 2. The van der Waals surface area contributed by atoms with E-state index in [4.69, 9.17) is 0 Å². The van der Waals surface area contributed by atoms with Crippen LogP contribution in [0.25, 0.3) is 0 Å². The van der Waals surface area contributed by atoms with Crippen molar-refractivity contribution in [2.75, 3.05) is 33.0 Å². The predicted octanol–water partition coefficient (Wildman–Crippen LogP) is 1.80. The fourth-order valence-electron chi connectivity index (χ4n) is 1.62. The molecule has 0 saturated carbocycles. The first-order chi connectivity index (χ1) is 8.52. The van der Waals surface area contributed by atoms with Crippen molar-refractivity contribution in [3.63, 3.8) is 0 Å². The first-order valence-electron chi connectivity index (χ1n) is 6.26. The maximum Gasteiger partial charge on any atom is 0.251 e. The Labute approximate surface area is 109 Å². The van der Waals surface area contributed by atoms with Gasteiger partial charge in [-0.3, -0.25) is 4.79 Å². The number of nitrogens with zero attached hydrogens (tertiary/aromatic N) is 1. The standard InChI is InChI=1S/C14H23N3O/c1-11(9-10-17(3)4)16-14(18)12-5-7-13(15-2)8-6-12/h5-8,11,15H,9-10H2,1-4H3,(H,16,18). The van der Waals surface area contributed by atoms with Crippen LogP contribution >= 0.6 is 0 Å². The molecule has 4 nitrogen and oxygen atoms in total. The maximum atomic E-state index is 12.0. The second-order valence-electron chi connectivity index (χ2n) is 4.79. The van der Waals surface area contributed by atoms with Gasteiger partial charge in [-0.05, 0) is 58.3 Å². The van der Waals surface area contributed by atoms with E-state index in [1.165, 1.54) is 0 Å². The van der Waals surface area contributed by atoms with Gasteiger partial charge in [-0.2, -0.15) is 0 Å². The number of benzene rings is 1. The highest BCUT2D eigenvalue weighted by atomic mass is 16.1. The molecule has 0 fully saturated rings. The Hall–Kier alpha value is -1.55. The molecule has 0 spiro atoms. The largest absolute Gasteiger partial charge is 0.388 e. The summed E-state index contributed by atoms with van der Waals surface area (Å²) in [5.74, 6) is -0.0103. The summed E-state index contributed by atoms with van der Waals surface area (Å²) in [6, 6.07) is 7.65. The van der Waals surface area contributed by atoms with E-state index in [1.54, 1.807) is 0 Å². The van der Waals surface area contributed by atoms with E-state index < -0.39 is 0 Å². The van der Waals surface area contributed by atoms with Gasteiger partial charge in [-0.15, -0.1) is 0 Å². The van der Waals surface area contributed by atoms with Crippen LogP contribution in [0.4, 0.5) is 5.69 Å². The Balaban J connectivity index is 2.48. The molecule has 0 radical (unpaired) electrons. The SMILES string of the molecule is CNc1ccc(C(=O)NC(C)CCN(C)C)cc1. The van der Waals surface area contributed by atoms with Gasteiger partial charge in [0.25, 0.3) is 5.91 Å². The van der Waals surface area contributed by atoms with E-state index >= 15 is 0 Å². The van der Waals surface area contributed by atoms with Crippen molar-refractivity contribution in [3.05, 3.63) is 29.8 Å². The molecule has 18 heavy (non-hydrogen) atoms. The van der Waals surface area contributed by atoms with Crippen LogP contribution in [-0.2, 0) is 0 Å². The van der Waals surface area contributed by atoms with Gasteiger partial charge in [0.05, 0.1) is 0 Å². The van der Waals surface area contributed by atoms with Gasteiger partial charge in [0, 0.05) is 24.3 Å². The minimum atomic E-state index is -0.0103. The molecule has 0 aliphatic heterocycles. The maximum absolute atomic E-state index is 12.0. The lowest BCUT2D eigenvalue weighted by atomic mass is 10.1. The van der Waals surface area contributed by atoms with Gasteiger partial charge in [-0.25, -0.2) is 0 Å². The van der Waals surface area contributed by atoms with E-state index in [-0.39, 0.29) is 11.9 Å². The van der Waals surface area contributed by atoms with E-state index in [0.717, 1.165) is 18.7 Å². The van der Waals surface area contributed by atoms with Crippen LogP contribution in [-0.4, -0.2) is 44.5 Å². The van der Waals surface area contributed by atoms with Crippen LogP contribution in [0.15, 0.2) is 24.3 Å². The van der Waals surface area contributed by atoms with Crippen LogP contribution in [0.1, 0.15) is 23.7 Å². The molecule has 0 aliphatic rings. The van der Waals surface area contributed by atoms with Crippen LogP contribution in [0.3, 0.4) is 0 Å². The average Bonchev–Trinajstić information content (AvgIpc) is 2.36. The first kappa shape index (κ1) is 14.5. The van der Waals surface area contributed by atoms with Crippen LogP contribution in [0, 0.1) is 0 Å². The molecule has 100 valence electrons. The fraction of sp³-hybridized carbons (Fsp3) is 0.500. The quantitative estimate of drug-likeness (QED) is 0.808. The summed E-state index contributed by atoms with van der Waals surface area (Å²) in [7, 11) is 5.93. The second-order valence-corrected chi connectivity index (χ2v) is 4.79. The summed E-state index contributed by atoms with van der Waals surface area (Å²) in [4.78, 5) is 14.1. The average molecular weight is 249 g/mol. The van der Waals surface area contributed by atoms with E-state index in [9.17, 15) is 4.79 Å². The zero-order valence-electron chi connectivity index (χ0n) is 11.7. The van der Waals surface area contributed by atoms with Gasteiger partial charge < -0.3 is 15.5 Å². The highest BCUT2D eigenvalue weighted by Gasteiger charge is 2.09. The highest BCUT2D eigenvalue weighted by molar-refractivity contribution is 5.94. The zero-order chi connectivity index (χ0) is 13.5. The Morgan fingerprint density at radius 2 is 1.89 bits per heavy atom. The molecule has 1 amide bonds. The lowest BCUT2D eigenvalue weighted by Gasteiger charge is -2.16. The summed E-state index contributed by atoms with van der Waals surface area (Å²) in [6.45, 7) is 3.00. The fourth-order valence-corrected chi connectivity index (χ4v) is 1.62. The van der Waals surface area contributed by atoms with Crippen LogP contribution in [0.2, 0.25) is 0 Å². The molecule has 0 bridgehead atoms. The lowest BCUT2D eigenvalue weighted by molar-refractivity contribution is 0.0937. The molecule has 0 heterocycles. The Morgan fingerprint density at radius 1 is 1.28 bits per heavy atom. The summed E-state index contributed by atoms with van der Waals surface area (Å²) >= 11 is 0. The van der Waals surface area contributed by atoms with Crippen molar-refractivity contribution in [3.8, 4) is 0 Å². The molecular formula is C14H23N3O. The predicted molar refractivity (Wildman–Crippen MR) is 76.1 cm³/mol. The third-order valence-electron chi connectivity index (χ3n) is 2.82. The van der Waals surface area contributed by atoms with E-state index in [0.29, 0.717) is 5.56 Å². The van der Waals surface area contributed by atoms with Crippen molar-refractivity contribution in [1.82, 2.24) is 10.2 Å². The van der Waals surface area contributed by atoms with Gasteiger partial charge in [0.15, 0.2) is 0 Å². The molecule has 4 heteroatoms. The first-order valence-corrected chi connectivity index (χ1v) is 6.26. The molecule has 0 aliphatic carbocycles. The van der Waals surface area contributed by atoms with Crippen molar-refractivity contribution >= 4 is 11.6 Å². The smallest absolute Gasteiger partial charge is 0.251 e. The minimum absolute atomic E-state index is 0.0103. The molecule has 0 saturated heterocycles. The van der Waals surface area contributed by atoms with E-state index in [1.807, 2.05) is 52.3 Å². The minimum Gasteiger partial charge on any atom is -0.388 e. The van der Waals surface area contributed by atoms with Gasteiger partial charge >= 0.3 is 0 Å². The van der Waals surface area contributed by atoms with Crippen molar-refractivity contribution in [2.24, 2.45) is 0 Å². The summed E-state index contributed by atoms with van der Waals surface area (Å²) in [5.41, 5.74) is 1.71. The number of carbonyl (C=O) groups is 1. The zero-order valence-corrected chi connectivity index (χ0v) is 11.7. The van der Waals surface area contributed by atoms with E-state index in [2.05, 4.69) is 15.5 Å². The number of rotatable bonds is 6. The Kier molecular flexibility index (Phi) is 5.65. The monoisotopic (exact) mass is 249 g/mol. The topological polar surface area (TPSA) is 44.4 Å². The van der Waals surface area contributed by atoms with Crippen LogP contribution in [0.5, 0.6) is 0 Å². The van der Waals surface area contributed by atoms with Gasteiger partial charge in [0.2, 0.25) is 0 Å². The third kappa shape index (κ3) is 4.75. The van der Waals surface area contributed by atoms with Gasteiger partial charge in [0.1, 0.15) is 0 Å². The molecule has 1 aromatic rings. The number of carbonyl (C=O) groups excluding carboxylic acids is 1. The number of nitrogens with one attached hydrogen (secondary N) is 2. The number of amides is 1. The molecular weight excluding hydrogens is 226 g/mol. The Morgan fingerprint density at radius 3 is 2.39 bits per heavy atom.